The molecule has 0 bridgehead atoms. The fourth-order valence-corrected chi connectivity index (χ4v) is 3.38. The zero-order valence-electron chi connectivity index (χ0n) is 16.9. The van der Waals surface area contributed by atoms with E-state index in [1.807, 2.05) is 61.5 Å². The van der Waals surface area contributed by atoms with Gasteiger partial charge in [-0.25, -0.2) is 4.79 Å². The molecule has 1 N–H and O–H groups in total. The maximum Gasteiger partial charge on any atom is 0.338 e. The molecule has 2 heterocycles. The van der Waals surface area contributed by atoms with E-state index >= 15 is 0 Å². The first-order valence-electron chi connectivity index (χ1n) is 9.87. The summed E-state index contributed by atoms with van der Waals surface area (Å²) < 4.78 is 13.0. The van der Waals surface area contributed by atoms with Crippen molar-refractivity contribution in [1.29, 1.82) is 0 Å². The minimum absolute atomic E-state index is 0.186. The van der Waals surface area contributed by atoms with Gasteiger partial charge in [-0.1, -0.05) is 54.5 Å². The van der Waals surface area contributed by atoms with Crippen LogP contribution in [-0.4, -0.2) is 32.8 Å². The number of hydrogen-bond acceptors (Lipinski definition) is 7. The average molecular weight is 405 g/mol. The van der Waals surface area contributed by atoms with Gasteiger partial charge in [-0.15, -0.1) is 0 Å². The summed E-state index contributed by atoms with van der Waals surface area (Å²) in [6, 6.07) is 16.7. The third-order valence-corrected chi connectivity index (χ3v) is 4.79. The molecule has 1 aromatic heterocycles. The Labute approximate surface area is 174 Å². The summed E-state index contributed by atoms with van der Waals surface area (Å²) in [5.41, 5.74) is 2.87. The van der Waals surface area contributed by atoms with Crippen molar-refractivity contribution < 1.29 is 14.3 Å². The Balaban J connectivity index is 1.66. The van der Waals surface area contributed by atoms with Crippen molar-refractivity contribution in [3.8, 4) is 5.75 Å². The van der Waals surface area contributed by atoms with Crippen LogP contribution in [0.5, 0.6) is 5.75 Å². The number of carbonyl (C=O) groups excluding carboxylic acids is 1. The van der Waals surface area contributed by atoms with E-state index in [1.54, 1.807) is 4.68 Å². The van der Waals surface area contributed by atoms with Crippen molar-refractivity contribution in [2.24, 2.45) is 0 Å². The van der Waals surface area contributed by atoms with E-state index in [0.29, 0.717) is 23.8 Å². The summed E-state index contributed by atoms with van der Waals surface area (Å²) in [7, 11) is 0. The van der Waals surface area contributed by atoms with Crippen molar-refractivity contribution >= 4 is 11.9 Å². The highest BCUT2D eigenvalue weighted by Gasteiger charge is 2.35. The number of hydrogen-bond donors (Lipinski definition) is 1. The summed E-state index contributed by atoms with van der Waals surface area (Å²) >= 11 is 0. The van der Waals surface area contributed by atoms with Crippen molar-refractivity contribution in [1.82, 2.24) is 20.2 Å². The zero-order valence-corrected chi connectivity index (χ0v) is 16.9. The minimum Gasteiger partial charge on any atom is -0.494 e. The molecule has 154 valence electrons. The van der Waals surface area contributed by atoms with Gasteiger partial charge in [-0.3, -0.25) is 0 Å². The minimum atomic E-state index is -0.523. The Kier molecular flexibility index (Phi) is 5.74. The molecule has 1 unspecified atom stereocenters. The lowest BCUT2D eigenvalue weighted by Gasteiger charge is -2.27. The second kappa shape index (κ2) is 8.77. The fourth-order valence-electron chi connectivity index (χ4n) is 3.38. The maximum absolute atomic E-state index is 13.1. The van der Waals surface area contributed by atoms with Crippen LogP contribution in [-0.2, 0) is 16.1 Å². The quantitative estimate of drug-likeness (QED) is 0.602. The highest BCUT2D eigenvalue weighted by molar-refractivity contribution is 5.92. The molecule has 0 saturated carbocycles. The Hall–Kier alpha value is -3.68. The SMILES string of the molecule is CCCOc1cccc(C2C(C(=O)OCc3ccccc3)=C(C)Nc3nnnn32)c1. The predicted octanol–water partition coefficient (Wildman–Crippen LogP) is 3.49. The molecule has 0 saturated heterocycles. The number of anilines is 1. The molecule has 0 radical (unpaired) electrons. The summed E-state index contributed by atoms with van der Waals surface area (Å²) in [6.45, 7) is 4.68. The summed E-state index contributed by atoms with van der Waals surface area (Å²) in [4.78, 5) is 13.1. The van der Waals surface area contributed by atoms with E-state index in [4.69, 9.17) is 9.47 Å². The van der Waals surface area contributed by atoms with E-state index in [-0.39, 0.29) is 6.61 Å². The fraction of sp³-hybridized carbons (Fsp3) is 0.273. The molecule has 1 atom stereocenters. The largest absolute Gasteiger partial charge is 0.494 e. The predicted molar refractivity (Wildman–Crippen MR) is 111 cm³/mol. The van der Waals surface area contributed by atoms with Gasteiger partial charge < -0.3 is 14.8 Å². The molecule has 4 rings (SSSR count). The first-order chi connectivity index (χ1) is 14.7. The number of allylic oxidation sites excluding steroid dienone is 1. The van der Waals surface area contributed by atoms with Gasteiger partial charge >= 0.3 is 5.97 Å². The molecule has 30 heavy (non-hydrogen) atoms. The van der Waals surface area contributed by atoms with Crippen LogP contribution in [0.2, 0.25) is 0 Å². The van der Waals surface area contributed by atoms with E-state index in [2.05, 4.69) is 27.8 Å². The lowest BCUT2D eigenvalue weighted by Crippen LogP contribution is -2.29. The van der Waals surface area contributed by atoms with Gasteiger partial charge in [0.15, 0.2) is 0 Å². The number of tetrazole rings is 1. The number of rotatable bonds is 7. The van der Waals surface area contributed by atoms with Gasteiger partial charge in [0.2, 0.25) is 5.95 Å². The molecule has 0 amide bonds. The molecular formula is C22H23N5O3. The van der Waals surface area contributed by atoms with Crippen LogP contribution >= 0.6 is 0 Å². The van der Waals surface area contributed by atoms with E-state index in [9.17, 15) is 4.79 Å². The standard InChI is InChI=1S/C22H23N5O3/c1-3-12-29-18-11-7-10-17(13-18)20-19(15(2)23-22-24-25-26-27(20)22)21(28)30-14-16-8-5-4-6-9-16/h4-11,13,20H,3,12,14H2,1-2H3,(H,23,24,26). The van der Waals surface area contributed by atoms with E-state index in [1.165, 1.54) is 0 Å². The normalized spacial score (nSPS) is 15.3. The number of nitrogens with one attached hydrogen (secondary N) is 1. The van der Waals surface area contributed by atoms with E-state index < -0.39 is 12.0 Å². The molecular weight excluding hydrogens is 382 g/mol. The number of esters is 1. The lowest BCUT2D eigenvalue weighted by molar-refractivity contribution is -0.140. The van der Waals surface area contributed by atoms with Crippen LogP contribution in [0.15, 0.2) is 65.9 Å². The highest BCUT2D eigenvalue weighted by atomic mass is 16.5. The van der Waals surface area contributed by atoms with Gasteiger partial charge in [0.1, 0.15) is 18.4 Å². The van der Waals surface area contributed by atoms with Crippen LogP contribution in [0.25, 0.3) is 0 Å². The number of carbonyl (C=O) groups is 1. The van der Waals surface area contributed by atoms with Crippen molar-refractivity contribution in [2.45, 2.75) is 32.9 Å². The van der Waals surface area contributed by atoms with Crippen LogP contribution in [0.1, 0.15) is 37.4 Å². The molecule has 1 aliphatic rings. The van der Waals surface area contributed by atoms with Gasteiger partial charge in [-0.05, 0) is 47.0 Å². The van der Waals surface area contributed by atoms with E-state index in [0.717, 1.165) is 23.3 Å². The Bertz CT molecular complexity index is 1060. The second-order valence-corrected chi connectivity index (χ2v) is 7.00. The third kappa shape index (κ3) is 4.03. The monoisotopic (exact) mass is 405 g/mol. The average Bonchev–Trinajstić information content (AvgIpc) is 3.24. The molecule has 3 aromatic rings. The first-order valence-corrected chi connectivity index (χ1v) is 9.87. The van der Waals surface area contributed by atoms with Crippen molar-refractivity contribution in [2.75, 3.05) is 11.9 Å². The number of benzene rings is 2. The maximum atomic E-state index is 13.1. The first kappa shape index (κ1) is 19.6. The molecule has 1 aliphatic heterocycles. The van der Waals surface area contributed by atoms with Gasteiger partial charge in [0.25, 0.3) is 0 Å². The number of aromatic nitrogens is 4. The lowest BCUT2D eigenvalue weighted by atomic mass is 9.95. The summed E-state index contributed by atoms with van der Waals surface area (Å²) in [5.74, 6) is 0.782. The third-order valence-electron chi connectivity index (χ3n) is 4.79. The summed E-state index contributed by atoms with van der Waals surface area (Å²) in [5, 5.41) is 15.0. The zero-order chi connectivity index (χ0) is 20.9. The molecule has 0 aliphatic carbocycles. The van der Waals surface area contributed by atoms with Crippen LogP contribution in [0, 0.1) is 0 Å². The van der Waals surface area contributed by atoms with Crippen LogP contribution in [0.3, 0.4) is 0 Å². The van der Waals surface area contributed by atoms with Gasteiger partial charge in [0.05, 0.1) is 12.2 Å². The van der Waals surface area contributed by atoms with Crippen molar-refractivity contribution in [3.63, 3.8) is 0 Å². The number of nitrogens with zero attached hydrogens (tertiary/aromatic N) is 4. The Morgan fingerprint density at radius 3 is 2.80 bits per heavy atom. The molecule has 8 nitrogen and oxygen atoms in total. The Morgan fingerprint density at radius 1 is 1.17 bits per heavy atom. The van der Waals surface area contributed by atoms with Gasteiger partial charge in [0, 0.05) is 5.70 Å². The van der Waals surface area contributed by atoms with Crippen LogP contribution in [0.4, 0.5) is 5.95 Å². The topological polar surface area (TPSA) is 91.2 Å². The number of ether oxygens (including phenoxy) is 2. The molecule has 0 fully saturated rings. The molecule has 0 spiro atoms. The summed E-state index contributed by atoms with van der Waals surface area (Å²) in [6.07, 6.45) is 0.908. The Morgan fingerprint density at radius 2 is 2.00 bits per heavy atom. The highest BCUT2D eigenvalue weighted by Crippen LogP contribution is 2.36. The molecule has 8 heteroatoms. The smallest absolute Gasteiger partial charge is 0.338 e. The number of fused-ring (bicyclic) bond motifs is 1. The second-order valence-electron chi connectivity index (χ2n) is 7.00. The molecule has 2 aromatic carbocycles. The van der Waals surface area contributed by atoms with Crippen LogP contribution < -0.4 is 10.1 Å². The van der Waals surface area contributed by atoms with Gasteiger partial charge in [-0.2, -0.15) is 4.68 Å². The van der Waals surface area contributed by atoms with Crippen molar-refractivity contribution in [3.05, 3.63) is 77.0 Å².